The molecule has 6 heteroatoms. The van der Waals surface area contributed by atoms with E-state index in [9.17, 15) is 8.42 Å². The minimum atomic E-state index is -3.50. The van der Waals surface area contributed by atoms with Crippen LogP contribution < -0.4 is 0 Å². The van der Waals surface area contributed by atoms with Gasteiger partial charge in [-0.15, -0.1) is 0 Å². The maximum absolute atomic E-state index is 11.1. The van der Waals surface area contributed by atoms with E-state index in [0.29, 0.717) is 0 Å². The molecule has 0 heterocycles. The Morgan fingerprint density at radius 2 is 1.69 bits per heavy atom. The zero-order valence-electron chi connectivity index (χ0n) is 6.60. The monoisotopic (exact) mass is 470 g/mol. The first kappa shape index (κ1) is 13.5. The van der Waals surface area contributed by atoms with Gasteiger partial charge in [-0.05, 0) is 0 Å². The van der Waals surface area contributed by atoms with Crippen LogP contribution in [0.2, 0.25) is 0 Å². The normalized spacial score (nSPS) is 10.6. The van der Waals surface area contributed by atoms with Crippen molar-refractivity contribution in [3.05, 3.63) is 29.8 Å². The molecule has 0 N–H and O–H groups in total. The molecule has 1 radical (unpaired) electrons. The first-order valence-corrected chi connectivity index (χ1v) is 5.62. The van der Waals surface area contributed by atoms with E-state index in [4.69, 9.17) is 0 Å². The summed E-state index contributed by atoms with van der Waals surface area (Å²) in [7, 11) is -3.50. The standard InChI is InChI=1S/C7H8O3S.Ag.Os/c1-6-2-4-7(5-3-6)11(8,9)10;;/h2-5H,1H3,(H,8,9,10);;/q;;+1/p-1. The SMILES string of the molecule is Cc1ccc(S(=O)(=O)[O][Os])cc1.[Ag]. The van der Waals surface area contributed by atoms with E-state index < -0.39 is 10.1 Å². The number of hydrogen-bond acceptors (Lipinski definition) is 3. The van der Waals surface area contributed by atoms with Crippen LogP contribution in [0.5, 0.6) is 0 Å². The summed E-state index contributed by atoms with van der Waals surface area (Å²) in [5.74, 6) is 0. The fraction of sp³-hybridized carbons (Fsp3) is 0.143. The summed E-state index contributed by atoms with van der Waals surface area (Å²) in [6.45, 7) is 1.89. The molecule has 0 aliphatic rings. The van der Waals surface area contributed by atoms with E-state index in [1.54, 1.807) is 12.1 Å². The Bertz CT molecular complexity index is 360. The van der Waals surface area contributed by atoms with Crippen LogP contribution in [0.4, 0.5) is 0 Å². The molecule has 13 heavy (non-hydrogen) atoms. The van der Waals surface area contributed by atoms with Gasteiger partial charge >= 0.3 is 82.1 Å². The number of aryl methyl sites for hydroxylation is 1. The van der Waals surface area contributed by atoms with E-state index in [-0.39, 0.29) is 27.3 Å². The topological polar surface area (TPSA) is 43.4 Å². The average Bonchev–Trinajstić information content (AvgIpc) is 2.05. The van der Waals surface area contributed by atoms with Crippen molar-refractivity contribution in [3.8, 4) is 0 Å². The Morgan fingerprint density at radius 1 is 1.23 bits per heavy atom. The van der Waals surface area contributed by atoms with Crippen LogP contribution in [0.1, 0.15) is 5.56 Å². The van der Waals surface area contributed by atoms with Crippen molar-refractivity contribution in [2.75, 3.05) is 0 Å². The zero-order valence-corrected chi connectivity index (χ0v) is 11.4. The van der Waals surface area contributed by atoms with Gasteiger partial charge < -0.3 is 0 Å². The quantitative estimate of drug-likeness (QED) is 0.611. The molecular weight excluding hydrogens is 462 g/mol. The van der Waals surface area contributed by atoms with Gasteiger partial charge in [-0.2, -0.15) is 0 Å². The smallest absolute Gasteiger partial charge is 0 e. The molecule has 0 saturated carbocycles. The Hall–Kier alpha value is 0.507. The van der Waals surface area contributed by atoms with E-state index in [1.165, 1.54) is 12.1 Å². The Kier molecular flexibility index (Phi) is 5.61. The number of hydrogen-bond donors (Lipinski definition) is 0. The van der Waals surface area contributed by atoms with Crippen molar-refractivity contribution in [1.29, 1.82) is 0 Å². The van der Waals surface area contributed by atoms with Gasteiger partial charge in [0.2, 0.25) is 0 Å². The number of benzene rings is 1. The van der Waals surface area contributed by atoms with E-state index in [0.717, 1.165) is 24.5 Å². The molecule has 0 bridgehead atoms. The van der Waals surface area contributed by atoms with Gasteiger partial charge in [0.1, 0.15) is 0 Å². The summed E-state index contributed by atoms with van der Waals surface area (Å²) in [4.78, 5) is 0.197. The molecule has 0 aliphatic carbocycles. The van der Waals surface area contributed by atoms with Crippen LogP contribution in [-0.2, 0) is 54.4 Å². The van der Waals surface area contributed by atoms with Gasteiger partial charge in [0.15, 0.2) is 0 Å². The van der Waals surface area contributed by atoms with Crippen molar-refractivity contribution in [2.45, 2.75) is 11.8 Å². The maximum atomic E-state index is 11.1. The van der Waals surface area contributed by atoms with Gasteiger partial charge in [-0.1, -0.05) is 0 Å². The molecule has 0 atom stereocenters. The predicted octanol–water partition coefficient (Wildman–Crippen LogP) is 1.16. The fourth-order valence-electron chi connectivity index (χ4n) is 0.739. The molecule has 0 fully saturated rings. The average molecular weight is 469 g/mol. The maximum Gasteiger partial charge on any atom is 0 e. The molecule has 1 aromatic carbocycles. The largest absolute Gasteiger partial charge is 0 e. The minimum Gasteiger partial charge on any atom is 0 e. The third-order valence-electron chi connectivity index (χ3n) is 1.39. The Labute approximate surface area is 104 Å². The van der Waals surface area contributed by atoms with Gasteiger partial charge in [0.25, 0.3) is 0 Å². The van der Waals surface area contributed by atoms with Gasteiger partial charge in [0.05, 0.1) is 0 Å². The molecule has 1 aromatic rings. The first-order chi connectivity index (χ1) is 5.56. The van der Waals surface area contributed by atoms with Crippen molar-refractivity contribution in [1.82, 2.24) is 0 Å². The summed E-state index contributed by atoms with van der Waals surface area (Å²) in [6.07, 6.45) is 0. The second-order valence-corrected chi connectivity index (χ2v) is 5.09. The molecule has 0 aromatic heterocycles. The minimum absolute atomic E-state index is 0. The van der Waals surface area contributed by atoms with E-state index in [1.807, 2.05) is 6.92 Å². The summed E-state index contributed by atoms with van der Waals surface area (Å²) < 4.78 is 26.6. The van der Waals surface area contributed by atoms with E-state index >= 15 is 0 Å². The number of rotatable bonds is 2. The first-order valence-electron chi connectivity index (χ1n) is 3.17. The van der Waals surface area contributed by atoms with Crippen LogP contribution in [0.25, 0.3) is 0 Å². The zero-order chi connectivity index (χ0) is 9.19. The molecule has 0 unspecified atom stereocenters. The second kappa shape index (κ2) is 5.40. The summed E-state index contributed by atoms with van der Waals surface area (Å²) in [5.41, 5.74) is 1.02. The van der Waals surface area contributed by atoms with Crippen molar-refractivity contribution < 1.29 is 52.7 Å². The molecule has 0 saturated heterocycles. The van der Waals surface area contributed by atoms with Crippen molar-refractivity contribution >= 4 is 10.1 Å². The molecule has 78 valence electrons. The molecular formula is C7H7AgO3OsS. The third-order valence-corrected chi connectivity index (χ3v) is 4.06. The van der Waals surface area contributed by atoms with Crippen LogP contribution in [-0.4, -0.2) is 8.42 Å². The summed E-state index contributed by atoms with van der Waals surface area (Å²) in [5, 5.41) is 0. The van der Waals surface area contributed by atoms with Crippen molar-refractivity contribution in [3.63, 3.8) is 0 Å². The van der Waals surface area contributed by atoms with Crippen molar-refractivity contribution in [2.24, 2.45) is 0 Å². The Morgan fingerprint density at radius 3 is 2.08 bits per heavy atom. The molecule has 3 nitrogen and oxygen atoms in total. The van der Waals surface area contributed by atoms with Crippen LogP contribution in [0.3, 0.4) is 0 Å². The van der Waals surface area contributed by atoms with Crippen LogP contribution in [0, 0.1) is 6.92 Å². The van der Waals surface area contributed by atoms with Gasteiger partial charge in [0, 0.05) is 22.4 Å². The molecule has 0 aliphatic heterocycles. The molecule has 1 rings (SSSR count). The van der Waals surface area contributed by atoms with Gasteiger partial charge in [-0.3, -0.25) is 0 Å². The van der Waals surface area contributed by atoms with Crippen LogP contribution >= 0.6 is 0 Å². The van der Waals surface area contributed by atoms with Crippen LogP contribution in [0.15, 0.2) is 29.2 Å². The third kappa shape index (κ3) is 3.63. The van der Waals surface area contributed by atoms with E-state index in [2.05, 4.69) is 2.98 Å². The molecule has 0 spiro atoms. The predicted molar refractivity (Wildman–Crippen MR) is 39.4 cm³/mol. The fourth-order valence-corrected chi connectivity index (χ4v) is 2.01. The Balaban J connectivity index is 0.00000144. The summed E-state index contributed by atoms with van der Waals surface area (Å²) in [6, 6.07) is 6.52. The second-order valence-electron chi connectivity index (χ2n) is 2.33. The molecule has 0 amide bonds. The van der Waals surface area contributed by atoms with Gasteiger partial charge in [-0.25, -0.2) is 0 Å². The summed E-state index contributed by atoms with van der Waals surface area (Å²) >= 11 is 0.957.